The number of halogens is 1. The van der Waals surface area contributed by atoms with Gasteiger partial charge in [0.05, 0.1) is 12.7 Å². The van der Waals surface area contributed by atoms with Crippen LogP contribution in [0.3, 0.4) is 0 Å². The molecule has 0 aliphatic rings. The standard InChI is InChI=1S/C14H21BrO2/c1-4-5-10(2)9-17-14-8-12(15)6-7-13(14)11(3)16/h6-8,10-11,16H,4-5,9H2,1-3H3. The fourth-order valence-electron chi connectivity index (χ4n) is 1.79. The van der Waals surface area contributed by atoms with Crippen LogP contribution >= 0.6 is 15.9 Å². The van der Waals surface area contributed by atoms with Crippen molar-refractivity contribution in [2.45, 2.75) is 39.7 Å². The van der Waals surface area contributed by atoms with Crippen molar-refractivity contribution in [2.24, 2.45) is 5.92 Å². The van der Waals surface area contributed by atoms with Gasteiger partial charge in [0.1, 0.15) is 5.75 Å². The Kier molecular flexibility index (Phi) is 6.00. The van der Waals surface area contributed by atoms with Crippen LogP contribution < -0.4 is 4.74 Å². The summed E-state index contributed by atoms with van der Waals surface area (Å²) in [6.07, 6.45) is 1.84. The fraction of sp³-hybridized carbons (Fsp3) is 0.571. The lowest BCUT2D eigenvalue weighted by Crippen LogP contribution is -2.10. The fourth-order valence-corrected chi connectivity index (χ4v) is 2.13. The van der Waals surface area contributed by atoms with Gasteiger partial charge in [-0.2, -0.15) is 0 Å². The normalized spacial score (nSPS) is 14.4. The minimum Gasteiger partial charge on any atom is -0.493 e. The molecule has 0 spiro atoms. The van der Waals surface area contributed by atoms with E-state index < -0.39 is 6.10 Å². The van der Waals surface area contributed by atoms with Crippen molar-refractivity contribution in [1.82, 2.24) is 0 Å². The molecule has 3 heteroatoms. The number of rotatable bonds is 6. The van der Waals surface area contributed by atoms with E-state index >= 15 is 0 Å². The van der Waals surface area contributed by atoms with Crippen LogP contribution in [0.5, 0.6) is 5.75 Å². The van der Waals surface area contributed by atoms with Crippen LogP contribution in [0.15, 0.2) is 22.7 Å². The number of ether oxygens (including phenoxy) is 1. The average Bonchev–Trinajstić information content (AvgIpc) is 2.26. The number of hydrogen-bond donors (Lipinski definition) is 1. The van der Waals surface area contributed by atoms with Crippen molar-refractivity contribution in [3.63, 3.8) is 0 Å². The van der Waals surface area contributed by atoms with Crippen LogP contribution in [0, 0.1) is 5.92 Å². The van der Waals surface area contributed by atoms with Crippen molar-refractivity contribution < 1.29 is 9.84 Å². The number of hydrogen-bond acceptors (Lipinski definition) is 2. The van der Waals surface area contributed by atoms with Crippen molar-refractivity contribution in [2.75, 3.05) is 6.61 Å². The molecule has 96 valence electrons. The Bertz CT molecular complexity index is 350. The van der Waals surface area contributed by atoms with Gasteiger partial charge in [0.2, 0.25) is 0 Å². The first-order chi connectivity index (χ1) is 8.04. The molecule has 17 heavy (non-hydrogen) atoms. The van der Waals surface area contributed by atoms with E-state index in [4.69, 9.17) is 4.74 Å². The first-order valence-corrected chi connectivity index (χ1v) is 6.94. The van der Waals surface area contributed by atoms with Gasteiger partial charge in [0, 0.05) is 10.0 Å². The van der Waals surface area contributed by atoms with Crippen LogP contribution in [0.1, 0.15) is 45.3 Å². The second-order valence-electron chi connectivity index (χ2n) is 4.56. The molecule has 0 aromatic heterocycles. The zero-order valence-corrected chi connectivity index (χ0v) is 12.3. The van der Waals surface area contributed by atoms with E-state index in [1.807, 2.05) is 18.2 Å². The molecular weight excluding hydrogens is 280 g/mol. The zero-order valence-electron chi connectivity index (χ0n) is 10.7. The number of benzene rings is 1. The minimum absolute atomic E-state index is 0.500. The largest absolute Gasteiger partial charge is 0.493 e. The molecule has 0 heterocycles. The number of aliphatic hydroxyl groups excluding tert-OH is 1. The van der Waals surface area contributed by atoms with E-state index in [0.29, 0.717) is 12.5 Å². The topological polar surface area (TPSA) is 29.5 Å². The summed E-state index contributed by atoms with van der Waals surface area (Å²) in [6.45, 7) is 6.82. The molecule has 1 aromatic rings. The van der Waals surface area contributed by atoms with Gasteiger partial charge in [-0.25, -0.2) is 0 Å². The molecule has 2 atom stereocenters. The summed E-state index contributed by atoms with van der Waals surface area (Å²) in [5, 5.41) is 9.67. The van der Waals surface area contributed by atoms with E-state index in [0.717, 1.165) is 22.2 Å². The Hall–Kier alpha value is -0.540. The molecule has 0 amide bonds. The molecule has 0 aliphatic carbocycles. The number of aliphatic hydroxyl groups is 1. The Balaban J connectivity index is 2.71. The van der Waals surface area contributed by atoms with Gasteiger partial charge in [-0.15, -0.1) is 0 Å². The lowest BCUT2D eigenvalue weighted by Gasteiger charge is -2.16. The zero-order chi connectivity index (χ0) is 12.8. The summed E-state index contributed by atoms with van der Waals surface area (Å²) in [4.78, 5) is 0. The first-order valence-electron chi connectivity index (χ1n) is 6.14. The second kappa shape index (κ2) is 7.02. The van der Waals surface area contributed by atoms with Gasteiger partial charge >= 0.3 is 0 Å². The Morgan fingerprint density at radius 3 is 2.65 bits per heavy atom. The van der Waals surface area contributed by atoms with E-state index in [9.17, 15) is 5.11 Å². The molecule has 0 saturated carbocycles. The van der Waals surface area contributed by atoms with Gasteiger partial charge in [-0.05, 0) is 31.4 Å². The molecule has 0 saturated heterocycles. The predicted octanol–water partition coefficient (Wildman–Crippen LogP) is 4.32. The molecular formula is C14H21BrO2. The van der Waals surface area contributed by atoms with Crippen LogP contribution in [-0.4, -0.2) is 11.7 Å². The average molecular weight is 301 g/mol. The van der Waals surface area contributed by atoms with Gasteiger partial charge < -0.3 is 9.84 Å². The summed E-state index contributed by atoms with van der Waals surface area (Å²) in [5.74, 6) is 1.32. The van der Waals surface area contributed by atoms with Crippen LogP contribution in [0.4, 0.5) is 0 Å². The van der Waals surface area contributed by atoms with Gasteiger partial charge in [-0.3, -0.25) is 0 Å². The van der Waals surface area contributed by atoms with Crippen molar-refractivity contribution in [3.8, 4) is 5.75 Å². The quantitative estimate of drug-likeness (QED) is 0.848. The smallest absolute Gasteiger partial charge is 0.126 e. The maximum absolute atomic E-state index is 9.67. The molecule has 1 N–H and O–H groups in total. The Morgan fingerprint density at radius 1 is 1.35 bits per heavy atom. The Morgan fingerprint density at radius 2 is 2.06 bits per heavy atom. The maximum atomic E-state index is 9.67. The van der Waals surface area contributed by atoms with E-state index in [2.05, 4.69) is 29.8 Å². The molecule has 2 nitrogen and oxygen atoms in total. The summed E-state index contributed by atoms with van der Waals surface area (Å²) < 4.78 is 6.78. The summed E-state index contributed by atoms with van der Waals surface area (Å²) >= 11 is 3.42. The van der Waals surface area contributed by atoms with Crippen molar-refractivity contribution in [3.05, 3.63) is 28.2 Å². The van der Waals surface area contributed by atoms with Crippen molar-refractivity contribution in [1.29, 1.82) is 0 Å². The lowest BCUT2D eigenvalue weighted by molar-refractivity contribution is 0.186. The third-order valence-electron chi connectivity index (χ3n) is 2.73. The van der Waals surface area contributed by atoms with E-state index in [-0.39, 0.29) is 0 Å². The van der Waals surface area contributed by atoms with E-state index in [1.54, 1.807) is 6.92 Å². The molecule has 1 aromatic carbocycles. The third-order valence-corrected chi connectivity index (χ3v) is 3.22. The third kappa shape index (κ3) is 4.68. The van der Waals surface area contributed by atoms with E-state index in [1.165, 1.54) is 6.42 Å². The highest BCUT2D eigenvalue weighted by Crippen LogP contribution is 2.29. The summed E-state index contributed by atoms with van der Waals surface area (Å²) in [7, 11) is 0. The lowest BCUT2D eigenvalue weighted by atomic mass is 10.1. The van der Waals surface area contributed by atoms with Crippen molar-refractivity contribution >= 4 is 15.9 Å². The Labute approximate surface area is 112 Å². The monoisotopic (exact) mass is 300 g/mol. The highest BCUT2D eigenvalue weighted by atomic mass is 79.9. The molecule has 0 fully saturated rings. The van der Waals surface area contributed by atoms with Gasteiger partial charge in [0.15, 0.2) is 0 Å². The highest BCUT2D eigenvalue weighted by molar-refractivity contribution is 9.10. The molecule has 0 aliphatic heterocycles. The van der Waals surface area contributed by atoms with Gasteiger partial charge in [0.25, 0.3) is 0 Å². The van der Waals surface area contributed by atoms with Crippen LogP contribution in [0.25, 0.3) is 0 Å². The van der Waals surface area contributed by atoms with Crippen LogP contribution in [0.2, 0.25) is 0 Å². The SMILES string of the molecule is CCCC(C)COc1cc(Br)ccc1C(C)O. The second-order valence-corrected chi connectivity index (χ2v) is 5.48. The molecule has 1 rings (SSSR count). The summed E-state index contributed by atoms with van der Waals surface area (Å²) in [6, 6.07) is 5.74. The first kappa shape index (κ1) is 14.5. The van der Waals surface area contributed by atoms with Gasteiger partial charge in [-0.1, -0.05) is 42.3 Å². The summed E-state index contributed by atoms with van der Waals surface area (Å²) in [5.41, 5.74) is 0.844. The molecule has 0 bridgehead atoms. The molecule has 2 unspecified atom stereocenters. The van der Waals surface area contributed by atoms with Crippen LogP contribution in [-0.2, 0) is 0 Å². The molecule has 0 radical (unpaired) electrons. The predicted molar refractivity (Wildman–Crippen MR) is 74.3 cm³/mol. The maximum Gasteiger partial charge on any atom is 0.126 e. The minimum atomic E-state index is -0.500. The highest BCUT2D eigenvalue weighted by Gasteiger charge is 2.11.